The fourth-order valence-corrected chi connectivity index (χ4v) is 4.64. The Morgan fingerprint density at radius 1 is 1.19 bits per heavy atom. The summed E-state index contributed by atoms with van der Waals surface area (Å²) < 4.78 is 10.9. The van der Waals surface area contributed by atoms with Crippen LogP contribution in [0.2, 0.25) is 0 Å². The SMILES string of the molecule is O=C1CCC(CC(=O)N2CCC3NNC(c4ccc5c(c4)OCO5)C3C2)N1. The fourth-order valence-electron chi connectivity index (χ4n) is 4.64. The lowest BCUT2D eigenvalue weighted by molar-refractivity contribution is -0.133. The van der Waals surface area contributed by atoms with E-state index in [9.17, 15) is 9.59 Å². The minimum absolute atomic E-state index is 0.00721. The average Bonchev–Trinajstić information content (AvgIpc) is 3.39. The van der Waals surface area contributed by atoms with Crippen LogP contribution in [-0.2, 0) is 9.59 Å². The first kappa shape index (κ1) is 16.8. The molecule has 0 bridgehead atoms. The molecule has 3 fully saturated rings. The van der Waals surface area contributed by atoms with Crippen molar-refractivity contribution in [3.8, 4) is 11.5 Å². The third-order valence-electron chi connectivity index (χ3n) is 6.12. The lowest BCUT2D eigenvalue weighted by Gasteiger charge is -2.36. The molecule has 0 aliphatic carbocycles. The van der Waals surface area contributed by atoms with Gasteiger partial charge in [-0.2, -0.15) is 0 Å². The van der Waals surface area contributed by atoms with E-state index in [-0.39, 0.29) is 30.7 Å². The van der Waals surface area contributed by atoms with Gasteiger partial charge in [0, 0.05) is 43.9 Å². The summed E-state index contributed by atoms with van der Waals surface area (Å²) in [6, 6.07) is 6.48. The first-order valence-electron chi connectivity index (χ1n) is 9.65. The number of carbonyl (C=O) groups excluding carboxylic acids is 2. The van der Waals surface area contributed by atoms with Crippen molar-refractivity contribution in [3.63, 3.8) is 0 Å². The minimum Gasteiger partial charge on any atom is -0.454 e. The molecule has 2 amide bonds. The number of rotatable bonds is 3. The number of fused-ring (bicyclic) bond motifs is 2. The van der Waals surface area contributed by atoms with Crippen LogP contribution in [0.15, 0.2) is 18.2 Å². The monoisotopic (exact) mass is 372 g/mol. The van der Waals surface area contributed by atoms with Gasteiger partial charge in [0.1, 0.15) is 0 Å². The van der Waals surface area contributed by atoms with Crippen molar-refractivity contribution < 1.29 is 19.1 Å². The van der Waals surface area contributed by atoms with Crippen LogP contribution in [0.4, 0.5) is 0 Å². The molecule has 8 nitrogen and oxygen atoms in total. The number of piperidine rings is 1. The first-order chi connectivity index (χ1) is 13.2. The minimum atomic E-state index is -0.00721. The number of nitrogens with one attached hydrogen (secondary N) is 3. The van der Waals surface area contributed by atoms with E-state index in [2.05, 4.69) is 22.2 Å². The molecule has 4 atom stereocenters. The predicted molar refractivity (Wildman–Crippen MR) is 95.8 cm³/mol. The number of hydrazine groups is 1. The van der Waals surface area contributed by atoms with Gasteiger partial charge >= 0.3 is 0 Å². The Bertz CT molecular complexity index is 770. The number of carbonyl (C=O) groups is 2. The van der Waals surface area contributed by atoms with E-state index in [1.807, 2.05) is 17.0 Å². The van der Waals surface area contributed by atoms with Crippen LogP contribution >= 0.6 is 0 Å². The third kappa shape index (κ3) is 3.12. The van der Waals surface area contributed by atoms with Crippen molar-refractivity contribution in [2.24, 2.45) is 5.92 Å². The van der Waals surface area contributed by atoms with Gasteiger partial charge in [-0.25, -0.2) is 5.43 Å². The third-order valence-corrected chi connectivity index (χ3v) is 6.12. The van der Waals surface area contributed by atoms with Gasteiger partial charge in [0.2, 0.25) is 18.6 Å². The van der Waals surface area contributed by atoms with Gasteiger partial charge in [0.05, 0.1) is 6.04 Å². The zero-order chi connectivity index (χ0) is 18.4. The highest BCUT2D eigenvalue weighted by atomic mass is 16.7. The topological polar surface area (TPSA) is 91.9 Å². The molecule has 27 heavy (non-hydrogen) atoms. The van der Waals surface area contributed by atoms with Crippen LogP contribution in [0.1, 0.15) is 37.3 Å². The number of likely N-dealkylation sites (tertiary alicyclic amines) is 1. The van der Waals surface area contributed by atoms with Gasteiger partial charge in [-0.15, -0.1) is 0 Å². The van der Waals surface area contributed by atoms with E-state index in [4.69, 9.17) is 9.47 Å². The van der Waals surface area contributed by atoms with E-state index in [0.29, 0.717) is 31.3 Å². The predicted octanol–water partition coefficient (Wildman–Crippen LogP) is 0.450. The summed E-state index contributed by atoms with van der Waals surface area (Å²) >= 11 is 0. The van der Waals surface area contributed by atoms with Crippen LogP contribution in [0, 0.1) is 5.92 Å². The van der Waals surface area contributed by atoms with Crippen molar-refractivity contribution in [1.29, 1.82) is 0 Å². The molecule has 0 radical (unpaired) electrons. The van der Waals surface area contributed by atoms with Gasteiger partial charge < -0.3 is 19.7 Å². The van der Waals surface area contributed by atoms with Gasteiger partial charge in [0.15, 0.2) is 11.5 Å². The van der Waals surface area contributed by atoms with Gasteiger partial charge in [-0.3, -0.25) is 15.0 Å². The highest BCUT2D eigenvalue weighted by Crippen LogP contribution is 2.39. The fraction of sp³-hybridized carbons (Fsp3) is 0.579. The molecule has 144 valence electrons. The lowest BCUT2D eigenvalue weighted by atomic mass is 9.85. The summed E-state index contributed by atoms with van der Waals surface area (Å²) in [7, 11) is 0. The van der Waals surface area contributed by atoms with Crippen LogP contribution < -0.4 is 25.6 Å². The second-order valence-electron chi connectivity index (χ2n) is 7.79. The Morgan fingerprint density at radius 3 is 2.93 bits per heavy atom. The van der Waals surface area contributed by atoms with Crippen molar-refractivity contribution in [1.82, 2.24) is 21.1 Å². The highest BCUT2D eigenvalue weighted by molar-refractivity contribution is 5.82. The normalized spacial score (nSPS) is 31.7. The van der Waals surface area contributed by atoms with Crippen LogP contribution in [0.3, 0.4) is 0 Å². The van der Waals surface area contributed by atoms with Gasteiger partial charge in [-0.1, -0.05) is 6.07 Å². The first-order valence-corrected chi connectivity index (χ1v) is 9.65. The zero-order valence-corrected chi connectivity index (χ0v) is 15.1. The Kier molecular flexibility index (Phi) is 4.17. The molecule has 8 heteroatoms. The number of benzene rings is 1. The van der Waals surface area contributed by atoms with E-state index in [1.165, 1.54) is 0 Å². The van der Waals surface area contributed by atoms with Crippen LogP contribution in [-0.4, -0.2) is 48.7 Å². The second kappa shape index (κ2) is 6.69. The Labute approximate surface area is 157 Å². The van der Waals surface area contributed by atoms with Crippen molar-refractivity contribution in [2.45, 2.75) is 43.8 Å². The Balaban J connectivity index is 1.27. The largest absolute Gasteiger partial charge is 0.454 e. The molecule has 3 saturated heterocycles. The van der Waals surface area contributed by atoms with Crippen molar-refractivity contribution in [2.75, 3.05) is 19.9 Å². The van der Waals surface area contributed by atoms with E-state index >= 15 is 0 Å². The van der Waals surface area contributed by atoms with Crippen LogP contribution in [0.25, 0.3) is 0 Å². The molecule has 0 saturated carbocycles. The summed E-state index contributed by atoms with van der Waals surface area (Å²) in [5, 5.41) is 2.89. The zero-order valence-electron chi connectivity index (χ0n) is 15.1. The molecule has 4 heterocycles. The van der Waals surface area contributed by atoms with Crippen molar-refractivity contribution >= 4 is 11.8 Å². The van der Waals surface area contributed by atoms with E-state index in [1.54, 1.807) is 0 Å². The summed E-state index contributed by atoms with van der Waals surface area (Å²) in [6.45, 7) is 1.73. The second-order valence-corrected chi connectivity index (χ2v) is 7.79. The standard InChI is InChI=1S/C19H24N4O4/c24-17-4-2-12(20-17)8-18(25)23-6-5-14-13(9-23)19(22-21-14)11-1-3-15-16(7-11)27-10-26-15/h1,3,7,12-14,19,21-22H,2,4-6,8-10H2,(H,20,24). The van der Waals surface area contributed by atoms with Gasteiger partial charge in [-0.05, 0) is 30.5 Å². The lowest BCUT2D eigenvalue weighted by Crippen LogP contribution is -2.48. The smallest absolute Gasteiger partial charge is 0.231 e. The quantitative estimate of drug-likeness (QED) is 0.714. The maximum absolute atomic E-state index is 12.7. The maximum atomic E-state index is 12.7. The molecule has 0 spiro atoms. The number of amides is 2. The molecular formula is C19H24N4O4. The summed E-state index contributed by atoms with van der Waals surface area (Å²) in [5.74, 6) is 2.04. The molecule has 3 N–H and O–H groups in total. The molecule has 5 rings (SSSR count). The molecule has 1 aromatic rings. The number of hydrogen-bond donors (Lipinski definition) is 3. The number of ether oxygens (including phenoxy) is 2. The number of nitrogens with zero attached hydrogens (tertiary/aromatic N) is 1. The van der Waals surface area contributed by atoms with Gasteiger partial charge in [0.25, 0.3) is 0 Å². The average molecular weight is 372 g/mol. The molecule has 0 aromatic heterocycles. The molecular weight excluding hydrogens is 348 g/mol. The molecule has 4 unspecified atom stereocenters. The Morgan fingerprint density at radius 2 is 2.07 bits per heavy atom. The summed E-state index contributed by atoms with van der Waals surface area (Å²) in [5.41, 5.74) is 7.94. The summed E-state index contributed by atoms with van der Waals surface area (Å²) in [4.78, 5) is 26.1. The molecule has 1 aromatic carbocycles. The highest BCUT2D eigenvalue weighted by Gasteiger charge is 2.42. The van der Waals surface area contributed by atoms with Crippen LogP contribution in [0.5, 0.6) is 11.5 Å². The van der Waals surface area contributed by atoms with Crippen molar-refractivity contribution in [3.05, 3.63) is 23.8 Å². The number of hydrogen-bond acceptors (Lipinski definition) is 6. The van der Waals surface area contributed by atoms with E-state index < -0.39 is 0 Å². The molecule has 4 aliphatic rings. The van der Waals surface area contributed by atoms with E-state index in [0.717, 1.165) is 36.4 Å². The maximum Gasteiger partial charge on any atom is 0.231 e. The molecule has 4 aliphatic heterocycles. The summed E-state index contributed by atoms with van der Waals surface area (Å²) in [6.07, 6.45) is 2.61. The Hall–Kier alpha value is -2.32.